The standard InChI is InChI=1S/C16H29N5O2/c1-16(2,3)23-15(22)21-10-6-5-7-13(21)11-17-9-8-14-19-18-12-20(14)4/h12-13,17H,5-11H2,1-4H3. The molecular weight excluding hydrogens is 294 g/mol. The van der Waals surface area contributed by atoms with Gasteiger partial charge in [0.05, 0.1) is 0 Å². The first kappa shape index (κ1) is 17.7. The van der Waals surface area contributed by atoms with Crippen LogP contribution in [0.5, 0.6) is 0 Å². The molecule has 1 N–H and O–H groups in total. The van der Waals surface area contributed by atoms with Gasteiger partial charge in [-0.2, -0.15) is 0 Å². The summed E-state index contributed by atoms with van der Waals surface area (Å²) in [5, 5.41) is 11.4. The van der Waals surface area contributed by atoms with Crippen molar-refractivity contribution in [2.75, 3.05) is 19.6 Å². The minimum Gasteiger partial charge on any atom is -0.444 e. The zero-order chi connectivity index (χ0) is 16.9. The molecule has 1 aromatic heterocycles. The van der Waals surface area contributed by atoms with Crippen LogP contribution in [-0.4, -0.2) is 57.0 Å². The molecule has 0 radical (unpaired) electrons. The molecular formula is C16H29N5O2. The van der Waals surface area contributed by atoms with Gasteiger partial charge in [0.2, 0.25) is 0 Å². The maximum absolute atomic E-state index is 12.3. The van der Waals surface area contributed by atoms with E-state index in [-0.39, 0.29) is 12.1 Å². The molecule has 1 aliphatic rings. The van der Waals surface area contributed by atoms with Gasteiger partial charge in [0.25, 0.3) is 0 Å². The second kappa shape index (κ2) is 7.77. The Balaban J connectivity index is 1.79. The minimum atomic E-state index is -0.447. The van der Waals surface area contributed by atoms with Crippen LogP contribution < -0.4 is 5.32 Å². The van der Waals surface area contributed by atoms with Crippen LogP contribution in [0.2, 0.25) is 0 Å². The Hall–Kier alpha value is -1.63. The quantitative estimate of drug-likeness (QED) is 0.836. The summed E-state index contributed by atoms with van der Waals surface area (Å²) in [5.41, 5.74) is -0.447. The van der Waals surface area contributed by atoms with E-state index >= 15 is 0 Å². The van der Waals surface area contributed by atoms with E-state index in [2.05, 4.69) is 15.5 Å². The number of likely N-dealkylation sites (tertiary alicyclic amines) is 1. The van der Waals surface area contributed by atoms with Gasteiger partial charge >= 0.3 is 6.09 Å². The lowest BCUT2D eigenvalue weighted by molar-refractivity contribution is 0.00999. The lowest BCUT2D eigenvalue weighted by atomic mass is 10.0. The number of ether oxygens (including phenoxy) is 1. The summed E-state index contributed by atoms with van der Waals surface area (Å²) in [5.74, 6) is 0.963. The molecule has 0 bridgehead atoms. The number of piperidine rings is 1. The van der Waals surface area contributed by atoms with Crippen molar-refractivity contribution in [2.45, 2.75) is 58.1 Å². The van der Waals surface area contributed by atoms with Crippen molar-refractivity contribution in [3.63, 3.8) is 0 Å². The normalized spacial score (nSPS) is 19.0. The number of carbonyl (C=O) groups excluding carboxylic acids is 1. The van der Waals surface area contributed by atoms with Gasteiger partial charge in [-0.05, 0) is 40.0 Å². The third-order valence-corrected chi connectivity index (χ3v) is 3.97. The van der Waals surface area contributed by atoms with Crippen LogP contribution in [0.4, 0.5) is 4.79 Å². The van der Waals surface area contributed by atoms with Gasteiger partial charge in [0.15, 0.2) is 0 Å². The van der Waals surface area contributed by atoms with Crippen LogP contribution in [0, 0.1) is 0 Å². The summed E-state index contributed by atoms with van der Waals surface area (Å²) in [7, 11) is 1.95. The zero-order valence-electron chi connectivity index (χ0n) is 14.7. The van der Waals surface area contributed by atoms with Crippen molar-refractivity contribution < 1.29 is 9.53 Å². The van der Waals surface area contributed by atoms with Crippen molar-refractivity contribution in [1.82, 2.24) is 25.0 Å². The number of aryl methyl sites for hydroxylation is 1. The van der Waals surface area contributed by atoms with E-state index in [0.717, 1.165) is 51.1 Å². The highest BCUT2D eigenvalue weighted by atomic mass is 16.6. The summed E-state index contributed by atoms with van der Waals surface area (Å²) < 4.78 is 7.45. The molecule has 2 heterocycles. The van der Waals surface area contributed by atoms with Gasteiger partial charge in [-0.25, -0.2) is 4.79 Å². The fraction of sp³-hybridized carbons (Fsp3) is 0.812. The number of hydrogen-bond acceptors (Lipinski definition) is 5. The van der Waals surface area contributed by atoms with E-state index in [1.54, 1.807) is 6.33 Å². The van der Waals surface area contributed by atoms with Crippen LogP contribution in [0.3, 0.4) is 0 Å². The average Bonchev–Trinajstić information content (AvgIpc) is 2.87. The lowest BCUT2D eigenvalue weighted by Crippen LogP contribution is -2.50. The molecule has 1 unspecified atom stereocenters. The Labute approximate surface area is 138 Å². The summed E-state index contributed by atoms with van der Waals surface area (Å²) in [6.07, 6.45) is 5.58. The molecule has 7 heteroatoms. The number of aromatic nitrogens is 3. The van der Waals surface area contributed by atoms with Crippen LogP contribution >= 0.6 is 0 Å². The Morgan fingerprint density at radius 3 is 2.87 bits per heavy atom. The topological polar surface area (TPSA) is 72.3 Å². The number of carbonyl (C=O) groups is 1. The molecule has 1 aliphatic heterocycles. The van der Waals surface area contributed by atoms with Crippen LogP contribution in [0.25, 0.3) is 0 Å². The van der Waals surface area contributed by atoms with E-state index in [9.17, 15) is 4.79 Å². The van der Waals surface area contributed by atoms with Crippen molar-refractivity contribution in [3.05, 3.63) is 12.2 Å². The van der Waals surface area contributed by atoms with Crippen molar-refractivity contribution in [2.24, 2.45) is 7.05 Å². The summed E-state index contributed by atoms with van der Waals surface area (Å²) in [6, 6.07) is 0.207. The molecule has 1 fully saturated rings. The molecule has 1 amide bonds. The van der Waals surface area contributed by atoms with E-state index in [4.69, 9.17) is 4.74 Å². The Kier molecular flexibility index (Phi) is 5.98. The van der Waals surface area contributed by atoms with Gasteiger partial charge in [0.1, 0.15) is 17.8 Å². The predicted octanol–water partition coefficient (Wildman–Crippen LogP) is 1.74. The Morgan fingerprint density at radius 2 is 2.22 bits per heavy atom. The molecule has 23 heavy (non-hydrogen) atoms. The highest BCUT2D eigenvalue weighted by Crippen LogP contribution is 2.20. The number of amides is 1. The van der Waals surface area contributed by atoms with Gasteiger partial charge in [-0.3, -0.25) is 0 Å². The first-order valence-electron chi connectivity index (χ1n) is 8.40. The maximum atomic E-state index is 12.3. The molecule has 1 aromatic rings. The average molecular weight is 323 g/mol. The van der Waals surface area contributed by atoms with E-state index in [1.807, 2.05) is 37.3 Å². The molecule has 130 valence electrons. The number of rotatable bonds is 5. The van der Waals surface area contributed by atoms with Gasteiger partial charge in [-0.15, -0.1) is 10.2 Å². The Bertz CT molecular complexity index is 509. The zero-order valence-corrected chi connectivity index (χ0v) is 14.7. The molecule has 0 spiro atoms. The van der Waals surface area contributed by atoms with Crippen LogP contribution in [-0.2, 0) is 18.2 Å². The molecule has 0 saturated carbocycles. The fourth-order valence-electron chi connectivity index (χ4n) is 2.78. The molecule has 0 aliphatic carbocycles. The highest BCUT2D eigenvalue weighted by Gasteiger charge is 2.30. The minimum absolute atomic E-state index is 0.197. The number of hydrogen-bond donors (Lipinski definition) is 1. The molecule has 1 atom stereocenters. The van der Waals surface area contributed by atoms with Crippen molar-refractivity contribution in [3.8, 4) is 0 Å². The molecule has 0 aromatic carbocycles. The molecule has 7 nitrogen and oxygen atoms in total. The second-order valence-corrected chi connectivity index (χ2v) is 7.14. The predicted molar refractivity (Wildman–Crippen MR) is 88.2 cm³/mol. The molecule has 1 saturated heterocycles. The highest BCUT2D eigenvalue weighted by molar-refractivity contribution is 5.68. The summed E-state index contributed by atoms with van der Waals surface area (Å²) >= 11 is 0. The smallest absolute Gasteiger partial charge is 0.410 e. The van der Waals surface area contributed by atoms with Crippen LogP contribution in [0.15, 0.2) is 6.33 Å². The number of nitrogens with one attached hydrogen (secondary N) is 1. The van der Waals surface area contributed by atoms with Crippen LogP contribution in [0.1, 0.15) is 45.9 Å². The largest absolute Gasteiger partial charge is 0.444 e. The maximum Gasteiger partial charge on any atom is 0.410 e. The van der Waals surface area contributed by atoms with Gasteiger partial charge < -0.3 is 19.5 Å². The number of nitrogens with zero attached hydrogens (tertiary/aromatic N) is 4. The third-order valence-electron chi connectivity index (χ3n) is 3.97. The monoisotopic (exact) mass is 323 g/mol. The fourth-order valence-corrected chi connectivity index (χ4v) is 2.78. The third kappa shape index (κ3) is 5.49. The van der Waals surface area contributed by atoms with Gasteiger partial charge in [-0.1, -0.05) is 0 Å². The van der Waals surface area contributed by atoms with Crippen molar-refractivity contribution >= 4 is 6.09 Å². The lowest BCUT2D eigenvalue weighted by Gasteiger charge is -2.36. The van der Waals surface area contributed by atoms with Gasteiger partial charge in [0, 0.05) is 39.1 Å². The Morgan fingerprint density at radius 1 is 1.43 bits per heavy atom. The van der Waals surface area contributed by atoms with E-state index in [1.165, 1.54) is 0 Å². The SMILES string of the molecule is Cn1cnnc1CCNCC1CCCCN1C(=O)OC(C)(C)C. The van der Waals surface area contributed by atoms with Crippen molar-refractivity contribution in [1.29, 1.82) is 0 Å². The molecule has 2 rings (SSSR count). The van der Waals surface area contributed by atoms with E-state index < -0.39 is 5.60 Å². The summed E-state index contributed by atoms with van der Waals surface area (Å²) in [4.78, 5) is 14.2. The second-order valence-electron chi connectivity index (χ2n) is 7.14. The first-order chi connectivity index (χ1) is 10.9. The van der Waals surface area contributed by atoms with E-state index in [0.29, 0.717) is 0 Å². The first-order valence-corrected chi connectivity index (χ1v) is 8.40. The summed E-state index contributed by atoms with van der Waals surface area (Å²) in [6.45, 7) is 8.11.